The normalized spacial score (nSPS) is 24.3. The van der Waals surface area contributed by atoms with Crippen molar-refractivity contribution < 1.29 is 9.90 Å². The molecule has 2 rings (SSSR count). The van der Waals surface area contributed by atoms with Crippen molar-refractivity contribution >= 4 is 5.91 Å². The van der Waals surface area contributed by atoms with Crippen molar-refractivity contribution in [3.05, 3.63) is 35.9 Å². The minimum Gasteiger partial charge on any atom is -0.392 e. The molecule has 98 valence electrons. The van der Waals surface area contributed by atoms with Gasteiger partial charge in [-0.2, -0.15) is 0 Å². The average molecular weight is 248 g/mol. The highest BCUT2D eigenvalue weighted by molar-refractivity contribution is 5.80. The number of carbonyl (C=O) groups is 1. The average Bonchev–Trinajstić information content (AvgIpc) is 2.72. The first-order valence-electron chi connectivity index (χ1n) is 6.42. The maximum atomic E-state index is 11.3. The summed E-state index contributed by atoms with van der Waals surface area (Å²) in [6, 6.07) is 9.97. The summed E-state index contributed by atoms with van der Waals surface area (Å²) in [6.07, 6.45) is 2.01. The molecule has 4 heteroatoms. The van der Waals surface area contributed by atoms with Crippen molar-refractivity contribution in [1.29, 1.82) is 0 Å². The van der Waals surface area contributed by atoms with Crippen LogP contribution in [0.25, 0.3) is 0 Å². The molecule has 1 aromatic carbocycles. The number of likely N-dealkylation sites (tertiary alicyclic amines) is 1. The Morgan fingerprint density at radius 1 is 1.39 bits per heavy atom. The molecule has 0 aromatic heterocycles. The Morgan fingerprint density at radius 2 is 2.11 bits per heavy atom. The fourth-order valence-electron chi connectivity index (χ4n) is 2.55. The first kappa shape index (κ1) is 13.1. The van der Waals surface area contributed by atoms with Gasteiger partial charge in [0.05, 0.1) is 12.1 Å². The van der Waals surface area contributed by atoms with E-state index >= 15 is 0 Å². The Kier molecular flexibility index (Phi) is 4.33. The summed E-state index contributed by atoms with van der Waals surface area (Å²) >= 11 is 0. The minimum atomic E-state index is -0.417. The summed E-state index contributed by atoms with van der Waals surface area (Å²) < 4.78 is 0. The van der Waals surface area contributed by atoms with Crippen LogP contribution in [0.1, 0.15) is 18.4 Å². The maximum absolute atomic E-state index is 11.3. The molecule has 1 saturated heterocycles. The van der Waals surface area contributed by atoms with Crippen molar-refractivity contribution in [2.24, 2.45) is 5.73 Å². The predicted molar refractivity (Wildman–Crippen MR) is 69.9 cm³/mol. The van der Waals surface area contributed by atoms with Gasteiger partial charge in [0, 0.05) is 6.54 Å². The molecule has 1 heterocycles. The molecule has 3 N–H and O–H groups in total. The second-order valence-corrected chi connectivity index (χ2v) is 4.89. The third-order valence-corrected chi connectivity index (χ3v) is 3.46. The van der Waals surface area contributed by atoms with Crippen LogP contribution in [0.15, 0.2) is 30.3 Å². The van der Waals surface area contributed by atoms with Gasteiger partial charge in [-0.05, 0) is 31.4 Å². The number of benzene rings is 1. The molecule has 1 aliphatic rings. The van der Waals surface area contributed by atoms with Crippen molar-refractivity contribution in [1.82, 2.24) is 4.90 Å². The zero-order valence-electron chi connectivity index (χ0n) is 10.5. The highest BCUT2D eigenvalue weighted by atomic mass is 16.3. The molecule has 1 aliphatic heterocycles. The van der Waals surface area contributed by atoms with Gasteiger partial charge >= 0.3 is 0 Å². The van der Waals surface area contributed by atoms with Crippen LogP contribution < -0.4 is 5.73 Å². The highest BCUT2D eigenvalue weighted by Gasteiger charge is 2.33. The summed E-state index contributed by atoms with van der Waals surface area (Å²) in [4.78, 5) is 13.3. The van der Waals surface area contributed by atoms with Gasteiger partial charge in [0.25, 0.3) is 0 Å². The SMILES string of the molecule is NC(=O)C1CC(O)CN1CCCc1ccccc1. The van der Waals surface area contributed by atoms with E-state index in [4.69, 9.17) is 5.73 Å². The maximum Gasteiger partial charge on any atom is 0.234 e. The second-order valence-electron chi connectivity index (χ2n) is 4.89. The molecule has 1 aromatic rings. The number of primary amides is 1. The number of aliphatic hydroxyl groups is 1. The van der Waals surface area contributed by atoms with Crippen LogP contribution in [0.3, 0.4) is 0 Å². The number of amides is 1. The molecule has 0 bridgehead atoms. The van der Waals surface area contributed by atoms with Gasteiger partial charge in [-0.15, -0.1) is 0 Å². The summed E-state index contributed by atoms with van der Waals surface area (Å²) in [7, 11) is 0. The molecule has 2 atom stereocenters. The Morgan fingerprint density at radius 3 is 2.78 bits per heavy atom. The molecular weight excluding hydrogens is 228 g/mol. The van der Waals surface area contributed by atoms with E-state index in [1.807, 2.05) is 23.1 Å². The fraction of sp³-hybridized carbons (Fsp3) is 0.500. The summed E-state index contributed by atoms with van der Waals surface area (Å²) in [5.74, 6) is -0.328. The molecule has 0 radical (unpaired) electrons. The summed E-state index contributed by atoms with van der Waals surface area (Å²) in [5.41, 5.74) is 6.64. The lowest BCUT2D eigenvalue weighted by atomic mass is 10.1. The van der Waals surface area contributed by atoms with E-state index < -0.39 is 6.10 Å². The number of hydrogen-bond acceptors (Lipinski definition) is 3. The van der Waals surface area contributed by atoms with E-state index in [1.54, 1.807) is 0 Å². The summed E-state index contributed by atoms with van der Waals surface area (Å²) in [6.45, 7) is 1.36. The van der Waals surface area contributed by atoms with Gasteiger partial charge in [-0.3, -0.25) is 9.69 Å². The van der Waals surface area contributed by atoms with Crippen LogP contribution in [0.2, 0.25) is 0 Å². The predicted octanol–water partition coefficient (Wildman–Crippen LogP) is 0.540. The third kappa shape index (κ3) is 3.31. The molecule has 4 nitrogen and oxygen atoms in total. The van der Waals surface area contributed by atoms with E-state index in [0.29, 0.717) is 13.0 Å². The van der Waals surface area contributed by atoms with Crippen LogP contribution in [-0.2, 0) is 11.2 Å². The number of hydrogen-bond donors (Lipinski definition) is 2. The Bertz CT molecular complexity index is 394. The van der Waals surface area contributed by atoms with Crippen LogP contribution in [0, 0.1) is 0 Å². The van der Waals surface area contributed by atoms with E-state index in [9.17, 15) is 9.90 Å². The number of aryl methyl sites for hydroxylation is 1. The molecule has 0 aliphatic carbocycles. The van der Waals surface area contributed by atoms with Crippen LogP contribution in [0.4, 0.5) is 0 Å². The number of β-amino-alcohol motifs (C(OH)–C–C–N with tert-alkyl or cyclic N) is 1. The van der Waals surface area contributed by atoms with E-state index in [1.165, 1.54) is 5.56 Å². The molecular formula is C14H20N2O2. The van der Waals surface area contributed by atoms with Crippen LogP contribution in [0.5, 0.6) is 0 Å². The molecule has 0 saturated carbocycles. The van der Waals surface area contributed by atoms with Gasteiger partial charge < -0.3 is 10.8 Å². The minimum absolute atomic E-state index is 0.296. The second kappa shape index (κ2) is 5.98. The van der Waals surface area contributed by atoms with E-state index in [2.05, 4.69) is 12.1 Å². The zero-order chi connectivity index (χ0) is 13.0. The molecule has 18 heavy (non-hydrogen) atoms. The van der Waals surface area contributed by atoms with Crippen molar-refractivity contribution in [3.63, 3.8) is 0 Å². The Balaban J connectivity index is 1.81. The van der Waals surface area contributed by atoms with Crippen molar-refractivity contribution in [2.45, 2.75) is 31.4 Å². The topological polar surface area (TPSA) is 66.6 Å². The van der Waals surface area contributed by atoms with Gasteiger partial charge in [0.1, 0.15) is 0 Å². The lowest BCUT2D eigenvalue weighted by Crippen LogP contribution is -2.40. The first-order valence-corrected chi connectivity index (χ1v) is 6.42. The zero-order valence-corrected chi connectivity index (χ0v) is 10.5. The standard InChI is InChI=1S/C14H20N2O2/c15-14(18)13-9-12(17)10-16(13)8-4-7-11-5-2-1-3-6-11/h1-3,5-6,12-13,17H,4,7-10H2,(H2,15,18). The van der Waals surface area contributed by atoms with Crippen molar-refractivity contribution in [2.75, 3.05) is 13.1 Å². The number of carbonyl (C=O) groups excluding carboxylic acids is 1. The first-order chi connectivity index (χ1) is 8.66. The lowest BCUT2D eigenvalue weighted by Gasteiger charge is -2.21. The van der Waals surface area contributed by atoms with Crippen LogP contribution >= 0.6 is 0 Å². The monoisotopic (exact) mass is 248 g/mol. The molecule has 1 amide bonds. The van der Waals surface area contributed by atoms with Gasteiger partial charge in [-0.25, -0.2) is 0 Å². The largest absolute Gasteiger partial charge is 0.392 e. The van der Waals surface area contributed by atoms with E-state index in [0.717, 1.165) is 19.4 Å². The third-order valence-electron chi connectivity index (χ3n) is 3.46. The van der Waals surface area contributed by atoms with E-state index in [-0.39, 0.29) is 11.9 Å². The Hall–Kier alpha value is -1.39. The number of aliphatic hydroxyl groups excluding tert-OH is 1. The number of rotatable bonds is 5. The molecule has 2 unspecified atom stereocenters. The van der Waals surface area contributed by atoms with Gasteiger partial charge in [-0.1, -0.05) is 30.3 Å². The number of nitrogens with two attached hydrogens (primary N) is 1. The molecule has 0 spiro atoms. The molecule has 1 fully saturated rings. The van der Waals surface area contributed by atoms with Crippen molar-refractivity contribution in [3.8, 4) is 0 Å². The fourth-order valence-corrected chi connectivity index (χ4v) is 2.55. The highest BCUT2D eigenvalue weighted by Crippen LogP contribution is 2.18. The summed E-state index contributed by atoms with van der Waals surface area (Å²) in [5, 5.41) is 9.59. The van der Waals surface area contributed by atoms with Crippen LogP contribution in [-0.4, -0.2) is 41.1 Å². The van der Waals surface area contributed by atoms with Gasteiger partial charge in [0.15, 0.2) is 0 Å². The number of nitrogens with zero attached hydrogens (tertiary/aromatic N) is 1. The smallest absolute Gasteiger partial charge is 0.234 e. The lowest BCUT2D eigenvalue weighted by molar-refractivity contribution is -0.122. The Labute approximate surface area is 107 Å². The van der Waals surface area contributed by atoms with Gasteiger partial charge in [0.2, 0.25) is 5.91 Å². The quantitative estimate of drug-likeness (QED) is 0.799.